The Labute approximate surface area is 87.4 Å². The molecule has 1 aromatic carbocycles. The van der Waals surface area contributed by atoms with Gasteiger partial charge in [0.05, 0.1) is 0 Å². The van der Waals surface area contributed by atoms with Crippen molar-refractivity contribution in [2.45, 2.75) is 6.18 Å². The first-order valence-corrected chi connectivity index (χ1v) is 3.69. The second-order valence-corrected chi connectivity index (χ2v) is 2.40. The van der Waals surface area contributed by atoms with Gasteiger partial charge in [0, 0.05) is 12.1 Å². The van der Waals surface area contributed by atoms with Gasteiger partial charge in [-0.15, -0.1) is 0 Å². The smallest absolute Gasteiger partial charge is 0.430 e. The first-order chi connectivity index (χ1) is 7.27. The van der Waals surface area contributed by atoms with Crippen LogP contribution in [-0.2, 0) is 4.79 Å². The molecule has 1 rings (SSSR count). The number of phenols is 1. The monoisotopic (exact) mass is 234 g/mol. The fraction of sp³-hybridized carbons (Fsp3) is 0.125. The van der Waals surface area contributed by atoms with Crippen molar-refractivity contribution in [1.82, 2.24) is 0 Å². The van der Waals surface area contributed by atoms with Crippen LogP contribution < -0.4 is 5.11 Å². The zero-order valence-electron chi connectivity index (χ0n) is 7.60. The highest BCUT2D eigenvalue weighted by Crippen LogP contribution is 2.15. The van der Waals surface area contributed by atoms with Crippen molar-refractivity contribution in [3.63, 3.8) is 0 Å². The van der Waals surface area contributed by atoms with Gasteiger partial charge in [-0.2, -0.15) is 13.2 Å². The van der Waals surface area contributed by atoms with E-state index in [2.05, 4.69) is 4.98 Å². The van der Waals surface area contributed by atoms with E-state index in [1.807, 2.05) is 0 Å². The Hall–Kier alpha value is -2.30. The molecule has 0 aromatic heterocycles. The van der Waals surface area contributed by atoms with Crippen LogP contribution in [-0.4, -0.2) is 17.3 Å². The van der Waals surface area contributed by atoms with Gasteiger partial charge in [-0.3, -0.25) is 0 Å². The summed E-state index contributed by atoms with van der Waals surface area (Å²) in [6.07, 6.45) is -5.19. The fourth-order valence-corrected chi connectivity index (χ4v) is 0.519. The van der Waals surface area contributed by atoms with Crippen LogP contribution in [0.2, 0.25) is 0 Å². The van der Waals surface area contributed by atoms with Crippen molar-refractivity contribution < 1.29 is 28.2 Å². The number of carboxylic acid groups (broad SMARTS) is 1. The molecule has 0 aliphatic carbocycles. The van der Waals surface area contributed by atoms with Gasteiger partial charge in [0.25, 0.3) is 0 Å². The van der Waals surface area contributed by atoms with Crippen molar-refractivity contribution in [3.05, 3.63) is 29.2 Å². The molecule has 16 heavy (non-hydrogen) atoms. The number of hydrogen-bond donors (Lipinski definition) is 1. The van der Waals surface area contributed by atoms with E-state index in [9.17, 15) is 13.2 Å². The van der Waals surface area contributed by atoms with Crippen molar-refractivity contribution in [3.8, 4) is 5.75 Å². The number of carbonyl (C=O) groups excluding carboxylic acids is 1. The number of diazo groups is 1. The van der Waals surface area contributed by atoms with Gasteiger partial charge in [0.2, 0.25) is 5.39 Å². The third kappa shape index (κ3) is 5.43. The molecule has 86 valence electrons. The Morgan fingerprint density at radius 3 is 1.94 bits per heavy atom. The highest BCUT2D eigenvalue weighted by Gasteiger charge is 2.28. The molecule has 0 bridgehead atoms. The third-order valence-corrected chi connectivity index (χ3v) is 1.20. The summed E-state index contributed by atoms with van der Waals surface area (Å²) in [5.74, 6) is -2.84. The Kier molecular flexibility index (Phi) is 4.75. The predicted molar refractivity (Wildman–Crippen MR) is 43.9 cm³/mol. The molecule has 1 N–H and O–H groups in total. The predicted octanol–water partition coefficient (Wildman–Crippen LogP) is 1.18. The standard InChI is InChI=1S/C6H4N2O.C2HF3O2/c7-8-5-1-3-6(9)4-2-5;3-2(4,5)1(6)7/h1-4H;(H,6,7). The number of halogens is 3. The molecule has 0 aliphatic heterocycles. The molecule has 5 nitrogen and oxygen atoms in total. The summed E-state index contributed by atoms with van der Waals surface area (Å²) in [4.78, 5) is 11.7. The van der Waals surface area contributed by atoms with Gasteiger partial charge < -0.3 is 15.0 Å². The van der Waals surface area contributed by atoms with Crippen LogP contribution in [0.25, 0.3) is 4.98 Å². The molecule has 0 radical (unpaired) electrons. The zero-order valence-corrected chi connectivity index (χ0v) is 7.60. The molecule has 1 aromatic rings. The molecule has 0 fully saturated rings. The van der Waals surface area contributed by atoms with Crippen molar-refractivity contribution >= 4 is 11.7 Å². The highest BCUT2D eigenvalue weighted by atomic mass is 19.4. The van der Waals surface area contributed by atoms with Crippen LogP contribution in [0.1, 0.15) is 0 Å². The summed E-state index contributed by atoms with van der Waals surface area (Å²) in [6, 6.07) is 5.93. The highest BCUT2D eigenvalue weighted by molar-refractivity contribution is 5.70. The van der Waals surface area contributed by atoms with E-state index in [0.717, 1.165) is 0 Å². The van der Waals surface area contributed by atoms with Crippen LogP contribution in [0.3, 0.4) is 0 Å². The lowest BCUT2D eigenvalue weighted by atomic mass is 10.3. The number of phenolic OH excluding ortho intramolecular Hbond substituents is 1. The number of aliphatic carboxylic acids is 1. The second kappa shape index (κ2) is 5.55. The summed E-state index contributed by atoms with van der Waals surface area (Å²) in [5, 5.41) is 25.7. The summed E-state index contributed by atoms with van der Waals surface area (Å²) >= 11 is 0. The lowest BCUT2D eigenvalue weighted by Gasteiger charge is -2.03. The average molecular weight is 234 g/mol. The van der Waals surface area contributed by atoms with Crippen molar-refractivity contribution in [1.29, 1.82) is 5.39 Å². The van der Waals surface area contributed by atoms with Crippen LogP contribution in [0.15, 0.2) is 24.3 Å². The number of carboxylic acids is 1. The van der Waals surface area contributed by atoms with E-state index in [1.165, 1.54) is 24.3 Å². The van der Waals surface area contributed by atoms with Crippen LogP contribution in [0.4, 0.5) is 18.9 Å². The molecule has 0 unspecified atom stereocenters. The molecule has 0 heterocycles. The van der Waals surface area contributed by atoms with E-state index in [1.54, 1.807) is 0 Å². The van der Waals surface area contributed by atoms with E-state index in [-0.39, 0.29) is 5.75 Å². The lowest BCUT2D eigenvalue weighted by Crippen LogP contribution is -2.37. The number of alkyl halides is 3. The molecular formula is C8H5F3N2O3. The number of benzene rings is 1. The quantitative estimate of drug-likeness (QED) is 0.682. The number of rotatable bonds is 0. The summed E-state index contributed by atoms with van der Waals surface area (Å²) in [5.41, 5.74) is 0.438. The van der Waals surface area contributed by atoms with Crippen molar-refractivity contribution in [2.75, 3.05) is 0 Å². The minimum Gasteiger partial charge on any atom is -0.542 e. The van der Waals surface area contributed by atoms with Gasteiger partial charge in [0.1, 0.15) is 11.7 Å². The van der Waals surface area contributed by atoms with Crippen LogP contribution in [0, 0.1) is 5.39 Å². The topological polar surface area (TPSA) is 88.5 Å². The average Bonchev–Trinajstić information content (AvgIpc) is 2.18. The third-order valence-electron chi connectivity index (χ3n) is 1.20. The lowest BCUT2D eigenvalue weighted by molar-refractivity contribution is -0.344. The molecule has 0 spiro atoms. The minimum atomic E-state index is -5.19. The largest absolute Gasteiger partial charge is 0.542 e. The minimum absolute atomic E-state index is 0.169. The second-order valence-electron chi connectivity index (χ2n) is 2.40. The van der Waals surface area contributed by atoms with E-state index in [0.29, 0.717) is 5.69 Å². The normalized spacial score (nSPS) is 9.62. The summed E-state index contributed by atoms with van der Waals surface area (Å²) < 4.78 is 31.5. The Morgan fingerprint density at radius 2 is 1.69 bits per heavy atom. The van der Waals surface area contributed by atoms with E-state index in [4.69, 9.17) is 20.4 Å². The Bertz CT molecular complexity index is 394. The molecule has 0 saturated carbocycles. The van der Waals surface area contributed by atoms with Gasteiger partial charge in [-0.1, -0.05) is 0 Å². The molecule has 0 saturated heterocycles. The van der Waals surface area contributed by atoms with Crippen LogP contribution >= 0.6 is 0 Å². The maximum atomic E-state index is 10.5. The number of hydrogen-bond acceptors (Lipinski definition) is 4. The SMILES string of the molecule is N#[N+]c1ccc(O)cc1.O=C([O-])C(F)(F)F. The summed E-state index contributed by atoms with van der Waals surface area (Å²) in [6.45, 7) is 0. The first kappa shape index (κ1) is 13.7. The van der Waals surface area contributed by atoms with Gasteiger partial charge >= 0.3 is 11.9 Å². The van der Waals surface area contributed by atoms with Gasteiger partial charge in [0.15, 0.2) is 4.98 Å². The fourth-order valence-electron chi connectivity index (χ4n) is 0.519. The van der Waals surface area contributed by atoms with Gasteiger partial charge in [-0.25, -0.2) is 0 Å². The molecular weight excluding hydrogens is 229 g/mol. The molecule has 0 aliphatic rings. The molecule has 0 amide bonds. The van der Waals surface area contributed by atoms with Gasteiger partial charge in [-0.05, 0) is 12.1 Å². The van der Waals surface area contributed by atoms with E-state index < -0.39 is 12.1 Å². The number of aromatic hydroxyl groups is 1. The maximum Gasteiger partial charge on any atom is 0.430 e. The Morgan fingerprint density at radius 1 is 1.31 bits per heavy atom. The maximum absolute atomic E-state index is 10.5. The van der Waals surface area contributed by atoms with Crippen LogP contribution in [0.5, 0.6) is 5.75 Å². The summed E-state index contributed by atoms with van der Waals surface area (Å²) in [7, 11) is 0. The first-order valence-electron chi connectivity index (χ1n) is 3.69. The Balaban J connectivity index is 0.000000293. The van der Waals surface area contributed by atoms with Crippen molar-refractivity contribution in [2.24, 2.45) is 0 Å². The zero-order chi connectivity index (χ0) is 12.8. The molecule has 8 heteroatoms. The van der Waals surface area contributed by atoms with E-state index >= 15 is 0 Å². The number of nitrogens with zero attached hydrogens (tertiary/aromatic N) is 2. The number of carbonyl (C=O) groups is 1. The molecule has 0 atom stereocenters.